The van der Waals surface area contributed by atoms with E-state index in [1.807, 2.05) is 18.5 Å². The number of H-pyrrole nitrogens is 1. The smallest absolute Gasteiger partial charge is 0.261 e. The zero-order valence-corrected chi connectivity index (χ0v) is 16.1. The molecule has 2 saturated heterocycles. The molecule has 3 aliphatic heterocycles. The number of anilines is 1. The molecule has 5 heterocycles. The highest BCUT2D eigenvalue weighted by Gasteiger charge is 2.39. The zero-order chi connectivity index (χ0) is 18.3. The molecule has 0 radical (unpaired) electrons. The van der Waals surface area contributed by atoms with E-state index >= 15 is 0 Å². The van der Waals surface area contributed by atoms with Crippen LogP contribution in [0, 0.1) is 0 Å². The molecule has 1 atom stereocenters. The summed E-state index contributed by atoms with van der Waals surface area (Å²) in [6.07, 6.45) is 10.1. The van der Waals surface area contributed by atoms with Crippen LogP contribution in [0.25, 0.3) is 11.0 Å². The highest BCUT2D eigenvalue weighted by molar-refractivity contribution is 8.04. The van der Waals surface area contributed by atoms with Crippen molar-refractivity contribution in [2.75, 3.05) is 36.8 Å². The van der Waals surface area contributed by atoms with Gasteiger partial charge in [0.25, 0.3) is 5.91 Å². The summed E-state index contributed by atoms with van der Waals surface area (Å²) < 4.78 is 0. The third-order valence-corrected chi connectivity index (χ3v) is 6.85. The van der Waals surface area contributed by atoms with Crippen LogP contribution in [0.5, 0.6) is 0 Å². The molecule has 142 valence electrons. The minimum Gasteiger partial charge on any atom is -0.346 e. The number of aromatic nitrogens is 3. The van der Waals surface area contributed by atoms with Crippen molar-refractivity contribution in [1.82, 2.24) is 25.2 Å². The molecule has 0 aliphatic carbocycles. The van der Waals surface area contributed by atoms with Crippen molar-refractivity contribution in [3.63, 3.8) is 0 Å². The maximum atomic E-state index is 13.2. The lowest BCUT2D eigenvalue weighted by atomic mass is 9.87. The van der Waals surface area contributed by atoms with Crippen molar-refractivity contribution in [2.24, 2.45) is 0 Å². The average Bonchev–Trinajstić information content (AvgIpc) is 3.37. The number of hydrogen-bond acceptors (Lipinski definition) is 6. The van der Waals surface area contributed by atoms with Gasteiger partial charge in [-0.2, -0.15) is 0 Å². The number of amides is 1. The number of carbonyl (C=O) groups excluding carboxylic acids is 1. The Bertz CT molecular complexity index is 887. The number of thioether (sulfide) groups is 1. The lowest BCUT2D eigenvalue weighted by Gasteiger charge is -2.41. The molecule has 0 saturated carbocycles. The summed E-state index contributed by atoms with van der Waals surface area (Å²) in [5.41, 5.74) is 0.974. The van der Waals surface area contributed by atoms with Crippen molar-refractivity contribution >= 4 is 34.5 Å². The van der Waals surface area contributed by atoms with Gasteiger partial charge < -0.3 is 20.1 Å². The van der Waals surface area contributed by atoms with Crippen LogP contribution in [0.3, 0.4) is 0 Å². The fourth-order valence-corrected chi connectivity index (χ4v) is 5.51. The number of rotatable bonds is 2. The Labute approximate surface area is 162 Å². The van der Waals surface area contributed by atoms with E-state index in [1.165, 1.54) is 19.3 Å². The maximum Gasteiger partial charge on any atom is 0.261 e. The van der Waals surface area contributed by atoms with E-state index in [-0.39, 0.29) is 11.4 Å². The molecule has 1 amide bonds. The van der Waals surface area contributed by atoms with Crippen LogP contribution in [0.2, 0.25) is 0 Å². The Hall–Kier alpha value is -2.06. The summed E-state index contributed by atoms with van der Waals surface area (Å²) >= 11 is 1.66. The molecule has 7 nitrogen and oxygen atoms in total. The van der Waals surface area contributed by atoms with Crippen LogP contribution < -0.4 is 10.2 Å². The van der Waals surface area contributed by atoms with Gasteiger partial charge in [0.2, 0.25) is 0 Å². The second-order valence-corrected chi connectivity index (χ2v) is 8.75. The molecule has 27 heavy (non-hydrogen) atoms. The molecule has 5 rings (SSSR count). The van der Waals surface area contributed by atoms with Crippen LogP contribution >= 0.6 is 11.8 Å². The van der Waals surface area contributed by atoms with Gasteiger partial charge in [-0.15, -0.1) is 11.8 Å². The van der Waals surface area contributed by atoms with E-state index in [2.05, 4.69) is 30.1 Å². The quantitative estimate of drug-likeness (QED) is 0.826. The molecule has 0 unspecified atom stereocenters. The second-order valence-electron chi connectivity index (χ2n) is 7.61. The van der Waals surface area contributed by atoms with Gasteiger partial charge in [-0.25, -0.2) is 9.97 Å². The number of carbonyl (C=O) groups is 1. The van der Waals surface area contributed by atoms with Gasteiger partial charge in [0.05, 0.1) is 10.3 Å². The fraction of sp³-hybridized carbons (Fsp3) is 0.526. The standard InChI is InChI=1S/C19H24N6OS/c26-18(25-8-2-5-19(12-25)4-1-6-23-19)15-11-24(9-10-27-15)17-14-3-7-20-16(14)21-13-22-17/h3,7,11,13,23H,1-2,4-6,8-10,12H2,(H,20,21,22)/t19-/m0/s1. The van der Waals surface area contributed by atoms with Crippen molar-refractivity contribution in [1.29, 1.82) is 0 Å². The van der Waals surface area contributed by atoms with Crippen LogP contribution in [-0.4, -0.2) is 63.2 Å². The number of piperidine rings is 1. The predicted molar refractivity (Wildman–Crippen MR) is 108 cm³/mol. The lowest BCUT2D eigenvalue weighted by molar-refractivity contribution is -0.128. The van der Waals surface area contributed by atoms with Crippen molar-refractivity contribution in [3.05, 3.63) is 29.7 Å². The molecule has 0 bridgehead atoms. The summed E-state index contributed by atoms with van der Waals surface area (Å²) in [7, 11) is 0. The normalized spacial score (nSPS) is 26.0. The summed E-state index contributed by atoms with van der Waals surface area (Å²) in [6, 6.07) is 1.99. The SMILES string of the molecule is O=C(C1=CN(c2ncnc3[nH]ccc23)CCS1)N1CCC[C@@]2(CCCN2)C1. The van der Waals surface area contributed by atoms with E-state index in [0.29, 0.717) is 0 Å². The molecule has 2 N–H and O–H groups in total. The number of hydrogen-bond donors (Lipinski definition) is 2. The van der Waals surface area contributed by atoms with Gasteiger partial charge in [0, 0.05) is 43.3 Å². The van der Waals surface area contributed by atoms with Gasteiger partial charge in [-0.3, -0.25) is 4.79 Å². The molecule has 1 spiro atoms. The first kappa shape index (κ1) is 17.1. The topological polar surface area (TPSA) is 77.2 Å². The maximum absolute atomic E-state index is 13.2. The van der Waals surface area contributed by atoms with Crippen molar-refractivity contribution < 1.29 is 4.79 Å². The highest BCUT2D eigenvalue weighted by Crippen LogP contribution is 2.33. The molecule has 2 fully saturated rings. The van der Waals surface area contributed by atoms with Crippen LogP contribution in [0.15, 0.2) is 29.7 Å². The minimum absolute atomic E-state index is 0.150. The average molecular weight is 385 g/mol. The highest BCUT2D eigenvalue weighted by atomic mass is 32.2. The Kier molecular flexibility index (Phi) is 4.32. The number of likely N-dealkylation sites (tertiary alicyclic amines) is 1. The molecular formula is C19H24N6OS. The minimum atomic E-state index is 0.150. The van der Waals surface area contributed by atoms with Gasteiger partial charge >= 0.3 is 0 Å². The largest absolute Gasteiger partial charge is 0.346 e. The van der Waals surface area contributed by atoms with Gasteiger partial charge in [-0.05, 0) is 38.3 Å². The van der Waals surface area contributed by atoms with Gasteiger partial charge in [0.15, 0.2) is 0 Å². The Balaban J connectivity index is 1.39. The summed E-state index contributed by atoms with van der Waals surface area (Å²) in [4.78, 5) is 30.1. The monoisotopic (exact) mass is 384 g/mol. The van der Waals surface area contributed by atoms with Crippen molar-refractivity contribution in [3.8, 4) is 0 Å². The molecule has 2 aromatic heterocycles. The molecule has 2 aromatic rings. The van der Waals surface area contributed by atoms with Crippen LogP contribution in [0.4, 0.5) is 5.82 Å². The van der Waals surface area contributed by atoms with E-state index in [4.69, 9.17) is 0 Å². The first-order valence-electron chi connectivity index (χ1n) is 9.68. The summed E-state index contributed by atoms with van der Waals surface area (Å²) in [6.45, 7) is 3.60. The molecular weight excluding hydrogens is 360 g/mol. The Morgan fingerprint density at radius 1 is 1.22 bits per heavy atom. The van der Waals surface area contributed by atoms with Crippen LogP contribution in [0.1, 0.15) is 25.7 Å². The molecule has 8 heteroatoms. The summed E-state index contributed by atoms with van der Waals surface area (Å²) in [5, 5.41) is 4.65. The third kappa shape index (κ3) is 3.10. The van der Waals surface area contributed by atoms with E-state index in [1.54, 1.807) is 18.1 Å². The zero-order valence-electron chi connectivity index (χ0n) is 15.3. The lowest BCUT2D eigenvalue weighted by Crippen LogP contribution is -2.55. The number of fused-ring (bicyclic) bond motifs is 1. The fourth-order valence-electron chi connectivity index (χ4n) is 4.55. The van der Waals surface area contributed by atoms with E-state index < -0.39 is 0 Å². The first-order chi connectivity index (χ1) is 13.2. The molecule has 3 aliphatic rings. The van der Waals surface area contributed by atoms with Gasteiger partial charge in [-0.1, -0.05) is 0 Å². The molecule has 0 aromatic carbocycles. The van der Waals surface area contributed by atoms with Crippen molar-refractivity contribution in [2.45, 2.75) is 31.2 Å². The summed E-state index contributed by atoms with van der Waals surface area (Å²) in [5.74, 6) is 1.90. The number of nitrogens with one attached hydrogen (secondary N) is 2. The predicted octanol–water partition coefficient (Wildman–Crippen LogP) is 2.10. The number of nitrogens with zero attached hydrogens (tertiary/aromatic N) is 4. The third-order valence-electron chi connectivity index (χ3n) is 5.87. The Morgan fingerprint density at radius 2 is 2.15 bits per heavy atom. The number of aromatic amines is 1. The second kappa shape index (κ2) is 6.83. The first-order valence-corrected chi connectivity index (χ1v) is 10.7. The Morgan fingerprint density at radius 3 is 3.04 bits per heavy atom. The van der Waals surface area contributed by atoms with Crippen LogP contribution in [-0.2, 0) is 4.79 Å². The van der Waals surface area contributed by atoms with E-state index in [0.717, 1.165) is 60.1 Å². The van der Waals surface area contributed by atoms with E-state index in [9.17, 15) is 4.79 Å². The van der Waals surface area contributed by atoms with Gasteiger partial charge in [0.1, 0.15) is 17.8 Å².